The van der Waals surface area contributed by atoms with Crippen molar-refractivity contribution in [1.82, 2.24) is 20.1 Å². The molecule has 0 bridgehead atoms. The highest BCUT2D eigenvalue weighted by molar-refractivity contribution is 6.20. The lowest BCUT2D eigenvalue weighted by Crippen LogP contribution is -2.42. The zero-order valence-electron chi connectivity index (χ0n) is 21.2. The van der Waals surface area contributed by atoms with Crippen LogP contribution in [0.3, 0.4) is 0 Å². The van der Waals surface area contributed by atoms with Gasteiger partial charge in [-0.1, -0.05) is 48.5 Å². The summed E-state index contributed by atoms with van der Waals surface area (Å²) < 4.78 is 16.7. The SMILES string of the molecule is CCn1cc(C(=O)N[C@H]2N=C(c3ccccc3)c3ccccc3NC2=O)c(-c2ccc(NC3CC3)nc2F)n1. The number of para-hydroxylation sites is 1. The Bertz CT molecular complexity index is 1590. The van der Waals surface area contributed by atoms with E-state index in [2.05, 4.69) is 31.0 Å². The second-order valence-corrected chi connectivity index (χ2v) is 9.46. The summed E-state index contributed by atoms with van der Waals surface area (Å²) in [5, 5.41) is 13.2. The molecule has 0 unspecified atom stereocenters. The van der Waals surface area contributed by atoms with E-state index in [1.54, 1.807) is 22.9 Å². The Morgan fingerprint density at radius 2 is 1.82 bits per heavy atom. The molecule has 9 nitrogen and oxygen atoms in total. The van der Waals surface area contributed by atoms with Crippen LogP contribution in [0.5, 0.6) is 0 Å². The second-order valence-electron chi connectivity index (χ2n) is 9.46. The van der Waals surface area contributed by atoms with Gasteiger partial charge in [0.25, 0.3) is 11.8 Å². The van der Waals surface area contributed by atoms with E-state index < -0.39 is 23.9 Å². The number of benzene rings is 2. The van der Waals surface area contributed by atoms with Gasteiger partial charge in [-0.25, -0.2) is 9.98 Å². The van der Waals surface area contributed by atoms with Crippen molar-refractivity contribution >= 4 is 29.0 Å². The summed E-state index contributed by atoms with van der Waals surface area (Å²) in [6, 6.07) is 20.3. The number of carbonyl (C=O) groups excluding carboxylic acids is 2. The number of rotatable bonds is 7. The van der Waals surface area contributed by atoms with Gasteiger partial charge in [-0.2, -0.15) is 9.49 Å². The fourth-order valence-corrected chi connectivity index (χ4v) is 4.46. The summed E-state index contributed by atoms with van der Waals surface area (Å²) in [6.45, 7) is 2.33. The third-order valence-electron chi connectivity index (χ3n) is 6.63. The van der Waals surface area contributed by atoms with Gasteiger partial charge in [-0.3, -0.25) is 14.3 Å². The van der Waals surface area contributed by atoms with Crippen LogP contribution in [0.15, 0.2) is 77.9 Å². The van der Waals surface area contributed by atoms with Gasteiger partial charge in [0.15, 0.2) is 0 Å². The van der Waals surface area contributed by atoms with Gasteiger partial charge >= 0.3 is 0 Å². The van der Waals surface area contributed by atoms with E-state index in [9.17, 15) is 9.59 Å². The first-order chi connectivity index (χ1) is 19.0. The molecule has 1 aliphatic carbocycles. The van der Waals surface area contributed by atoms with E-state index >= 15 is 4.39 Å². The molecule has 1 atom stereocenters. The predicted molar refractivity (Wildman–Crippen MR) is 146 cm³/mol. The molecule has 0 radical (unpaired) electrons. The van der Waals surface area contributed by atoms with Crippen molar-refractivity contribution < 1.29 is 14.0 Å². The third-order valence-corrected chi connectivity index (χ3v) is 6.63. The second kappa shape index (κ2) is 10.1. The van der Waals surface area contributed by atoms with Gasteiger partial charge in [-0.15, -0.1) is 0 Å². The van der Waals surface area contributed by atoms with E-state index in [1.807, 2.05) is 55.5 Å². The minimum Gasteiger partial charge on any atom is -0.367 e. The van der Waals surface area contributed by atoms with Crippen molar-refractivity contribution in [3.63, 3.8) is 0 Å². The molecule has 3 N–H and O–H groups in total. The Kier molecular flexibility index (Phi) is 6.36. The number of fused-ring (bicyclic) bond motifs is 1. The Hall–Kier alpha value is -4.86. The minimum absolute atomic E-state index is 0.0971. The van der Waals surface area contributed by atoms with Gasteiger partial charge in [0.2, 0.25) is 12.1 Å². The van der Waals surface area contributed by atoms with Crippen LogP contribution in [-0.2, 0) is 11.3 Å². The highest BCUT2D eigenvalue weighted by Gasteiger charge is 2.30. The number of nitrogens with zero attached hydrogens (tertiary/aromatic N) is 4. The smallest absolute Gasteiger partial charge is 0.269 e. The minimum atomic E-state index is -1.23. The van der Waals surface area contributed by atoms with Crippen molar-refractivity contribution in [2.75, 3.05) is 10.6 Å². The average molecular weight is 524 g/mol. The fraction of sp³-hybridized carbons (Fsp3) is 0.207. The third kappa shape index (κ3) is 5.00. The van der Waals surface area contributed by atoms with Crippen LogP contribution in [0.4, 0.5) is 15.9 Å². The molecule has 4 aromatic rings. The number of hydrogen-bond acceptors (Lipinski definition) is 6. The number of carbonyl (C=O) groups is 2. The van der Waals surface area contributed by atoms with Gasteiger partial charge < -0.3 is 16.0 Å². The number of hydrogen-bond donors (Lipinski definition) is 3. The maximum absolute atomic E-state index is 15.1. The first-order valence-electron chi connectivity index (χ1n) is 12.9. The summed E-state index contributed by atoms with van der Waals surface area (Å²) in [4.78, 5) is 35.5. The number of aliphatic imine (C=N–C) groups is 1. The number of aryl methyl sites for hydroxylation is 1. The van der Waals surface area contributed by atoms with Crippen LogP contribution in [0.1, 0.15) is 41.3 Å². The first-order valence-corrected chi connectivity index (χ1v) is 12.9. The quantitative estimate of drug-likeness (QED) is 0.314. The normalized spacial score (nSPS) is 16.5. The molecule has 2 aromatic carbocycles. The maximum atomic E-state index is 15.1. The molecule has 39 heavy (non-hydrogen) atoms. The van der Waals surface area contributed by atoms with Crippen LogP contribution in [-0.4, -0.2) is 44.5 Å². The molecule has 2 aliphatic rings. The van der Waals surface area contributed by atoms with Crippen molar-refractivity contribution in [3.05, 3.63) is 95.6 Å². The molecule has 6 rings (SSSR count). The highest BCUT2D eigenvalue weighted by Crippen LogP contribution is 2.29. The Balaban J connectivity index is 1.34. The van der Waals surface area contributed by atoms with E-state index in [4.69, 9.17) is 0 Å². The number of anilines is 2. The molecular formula is C29H26FN7O2. The number of pyridine rings is 1. The molecular weight excluding hydrogens is 497 g/mol. The van der Waals surface area contributed by atoms with Crippen molar-refractivity contribution in [3.8, 4) is 11.3 Å². The predicted octanol–water partition coefficient (Wildman–Crippen LogP) is 4.22. The molecule has 1 fully saturated rings. The van der Waals surface area contributed by atoms with Gasteiger partial charge in [0, 0.05) is 29.9 Å². The molecule has 10 heteroatoms. The van der Waals surface area contributed by atoms with E-state index in [0.717, 1.165) is 24.0 Å². The van der Waals surface area contributed by atoms with Gasteiger partial charge in [0.05, 0.1) is 22.5 Å². The molecule has 0 spiro atoms. The number of nitrogens with one attached hydrogen (secondary N) is 3. The lowest BCUT2D eigenvalue weighted by atomic mass is 10.0. The zero-order chi connectivity index (χ0) is 26.9. The lowest BCUT2D eigenvalue weighted by molar-refractivity contribution is -0.117. The van der Waals surface area contributed by atoms with Crippen molar-refractivity contribution in [2.45, 2.75) is 38.5 Å². The lowest BCUT2D eigenvalue weighted by Gasteiger charge is -2.13. The summed E-state index contributed by atoms with van der Waals surface area (Å²) in [5.41, 5.74) is 3.05. The molecule has 2 aromatic heterocycles. The monoisotopic (exact) mass is 523 g/mol. The maximum Gasteiger partial charge on any atom is 0.269 e. The summed E-state index contributed by atoms with van der Waals surface area (Å²) in [7, 11) is 0. The summed E-state index contributed by atoms with van der Waals surface area (Å²) >= 11 is 0. The van der Waals surface area contributed by atoms with Crippen molar-refractivity contribution in [1.29, 1.82) is 0 Å². The van der Waals surface area contributed by atoms with Gasteiger partial charge in [0.1, 0.15) is 11.5 Å². The molecule has 1 aliphatic heterocycles. The van der Waals surface area contributed by atoms with Crippen LogP contribution < -0.4 is 16.0 Å². The fourth-order valence-electron chi connectivity index (χ4n) is 4.46. The largest absolute Gasteiger partial charge is 0.367 e. The van der Waals surface area contributed by atoms with E-state index in [0.29, 0.717) is 29.8 Å². The number of benzodiazepines with no additional fused rings is 1. The summed E-state index contributed by atoms with van der Waals surface area (Å²) in [6.07, 6.45) is 2.37. The van der Waals surface area contributed by atoms with Crippen LogP contribution in [0.25, 0.3) is 11.3 Å². The van der Waals surface area contributed by atoms with Crippen LogP contribution in [0, 0.1) is 5.95 Å². The van der Waals surface area contributed by atoms with Crippen LogP contribution >= 0.6 is 0 Å². The molecule has 0 saturated heterocycles. The van der Waals surface area contributed by atoms with Crippen LogP contribution in [0.2, 0.25) is 0 Å². The standard InChI is InChI=1S/C29H26FN7O2/c1-2-37-16-21(25(36-37)20-14-15-23(33-26(20)30)31-18-12-13-18)28(38)35-27-29(39)32-22-11-7-6-10-19(22)24(34-27)17-8-4-3-5-9-17/h3-11,14-16,18,27H,2,12-13H2,1H3,(H,31,33)(H,32,39)(H,35,38)/t27-/m1/s1. The van der Waals surface area contributed by atoms with E-state index in [1.165, 1.54) is 6.20 Å². The number of amides is 2. The molecule has 2 amide bonds. The van der Waals surface area contributed by atoms with Crippen molar-refractivity contribution in [2.24, 2.45) is 4.99 Å². The molecule has 3 heterocycles. The number of aromatic nitrogens is 3. The van der Waals surface area contributed by atoms with Gasteiger partial charge in [-0.05, 0) is 38.0 Å². The topological polar surface area (TPSA) is 113 Å². The van der Waals surface area contributed by atoms with E-state index in [-0.39, 0.29) is 16.8 Å². The molecule has 1 saturated carbocycles. The summed E-state index contributed by atoms with van der Waals surface area (Å²) in [5.74, 6) is -1.39. The highest BCUT2D eigenvalue weighted by atomic mass is 19.1. The first kappa shape index (κ1) is 24.5. The molecule has 196 valence electrons. The Labute approximate surface area is 224 Å². The average Bonchev–Trinajstić information content (AvgIpc) is 3.68. The number of halogens is 1. The zero-order valence-corrected chi connectivity index (χ0v) is 21.2. The Morgan fingerprint density at radius 1 is 1.05 bits per heavy atom. The Morgan fingerprint density at radius 3 is 2.56 bits per heavy atom.